The van der Waals surface area contributed by atoms with E-state index >= 15 is 0 Å². The third kappa shape index (κ3) is 7.10. The Morgan fingerprint density at radius 1 is 1.00 bits per heavy atom. The van der Waals surface area contributed by atoms with Gasteiger partial charge in [0.05, 0.1) is 5.92 Å². The lowest BCUT2D eigenvalue weighted by Crippen LogP contribution is -2.60. The normalized spacial score (nSPS) is 16.1. The molecule has 0 radical (unpaired) electrons. The molecule has 0 spiro atoms. The van der Waals surface area contributed by atoms with E-state index < -0.39 is 37.0 Å². The average molecular weight is 433 g/mol. The summed E-state index contributed by atoms with van der Waals surface area (Å²) in [5, 5.41) is 12.2. The first-order valence-corrected chi connectivity index (χ1v) is 11.9. The van der Waals surface area contributed by atoms with Gasteiger partial charge in [0.15, 0.2) is 5.78 Å². The van der Waals surface area contributed by atoms with Gasteiger partial charge in [-0.1, -0.05) is 67.6 Å². The third-order valence-electron chi connectivity index (χ3n) is 5.12. The Morgan fingerprint density at radius 2 is 1.50 bits per heavy atom. The van der Waals surface area contributed by atoms with Crippen LogP contribution in [0.5, 0.6) is 0 Å². The molecule has 6 N–H and O–H groups in total. The highest BCUT2D eigenvalue weighted by atomic mass is 31.2. The van der Waals surface area contributed by atoms with Crippen molar-refractivity contribution in [3.63, 3.8) is 0 Å². The molecule has 0 aromatic heterocycles. The molecule has 0 heterocycles. The topological polar surface area (TPSA) is 131 Å². The highest BCUT2D eigenvalue weighted by Crippen LogP contribution is 2.46. The fourth-order valence-corrected chi connectivity index (χ4v) is 5.02. The summed E-state index contributed by atoms with van der Waals surface area (Å²) in [7, 11) is -3.68. The molecule has 1 amide bonds. The summed E-state index contributed by atoms with van der Waals surface area (Å²) in [6, 6.07) is 17.1. The number of amides is 1. The lowest BCUT2D eigenvalue weighted by molar-refractivity contribution is -0.391. The molecule has 162 valence electrons. The maximum absolute atomic E-state index is 13.0. The molecule has 2 aromatic carbocycles. The van der Waals surface area contributed by atoms with Gasteiger partial charge in [-0.05, 0) is 17.5 Å². The molecule has 0 saturated carbocycles. The Kier molecular flexibility index (Phi) is 8.78. The van der Waals surface area contributed by atoms with Crippen LogP contribution in [0.25, 0.3) is 0 Å². The standard InChI is InChI=1S/C22H29N2O5P/c1-2-20(23)30(28,29)15-18(13-16-9-5-3-6-10-16)21(25)24-19(22(26)27)14-17-11-7-4-8-12-17/h3-12,18-20H,2,13-15,23H2,1H3,(H,24,25)(H,26,27)(H,28,29)/p+1/t18-,19+,20?/m1/s1. The quantitative estimate of drug-likeness (QED) is 0.402. The van der Waals surface area contributed by atoms with Gasteiger partial charge in [0.1, 0.15) is 6.04 Å². The molecule has 0 aliphatic carbocycles. The summed E-state index contributed by atoms with van der Waals surface area (Å²) in [6.07, 6.45) is 0.543. The van der Waals surface area contributed by atoms with Crippen molar-refractivity contribution in [1.82, 2.24) is 5.32 Å². The van der Waals surface area contributed by atoms with Crippen molar-refractivity contribution in [3.8, 4) is 0 Å². The van der Waals surface area contributed by atoms with E-state index in [9.17, 15) is 24.2 Å². The van der Waals surface area contributed by atoms with Crippen molar-refractivity contribution in [2.75, 3.05) is 6.16 Å². The molecular weight excluding hydrogens is 403 g/mol. The number of benzene rings is 2. The van der Waals surface area contributed by atoms with Gasteiger partial charge >= 0.3 is 5.97 Å². The minimum atomic E-state index is -3.68. The predicted molar refractivity (Wildman–Crippen MR) is 115 cm³/mol. The lowest BCUT2D eigenvalue weighted by Gasteiger charge is -2.24. The number of hydrogen-bond donors (Lipinski definition) is 4. The van der Waals surface area contributed by atoms with Gasteiger partial charge in [0.2, 0.25) is 5.91 Å². The van der Waals surface area contributed by atoms with Crippen molar-refractivity contribution < 1.29 is 29.9 Å². The van der Waals surface area contributed by atoms with E-state index in [1.165, 1.54) is 0 Å². The molecule has 2 aromatic rings. The predicted octanol–water partition coefficient (Wildman–Crippen LogP) is 1.91. The number of rotatable bonds is 11. The van der Waals surface area contributed by atoms with Gasteiger partial charge in [-0.3, -0.25) is 9.36 Å². The molecule has 0 bridgehead atoms. The number of carbonyl (C=O) groups excluding carboxylic acids is 1. The smallest absolute Gasteiger partial charge is 0.326 e. The van der Waals surface area contributed by atoms with Gasteiger partial charge in [0, 0.05) is 19.0 Å². The summed E-state index contributed by atoms with van der Waals surface area (Å²) >= 11 is 0. The van der Waals surface area contributed by atoms with E-state index in [2.05, 4.69) is 11.1 Å². The van der Waals surface area contributed by atoms with E-state index in [1.807, 2.05) is 36.4 Å². The molecule has 0 aliphatic rings. The molecule has 4 atom stereocenters. The van der Waals surface area contributed by atoms with Crippen molar-refractivity contribution in [3.05, 3.63) is 71.8 Å². The molecule has 2 rings (SSSR count). The van der Waals surface area contributed by atoms with E-state index in [1.54, 1.807) is 31.2 Å². The zero-order chi connectivity index (χ0) is 22.1. The minimum absolute atomic E-state index is 0.129. The van der Waals surface area contributed by atoms with Crippen molar-refractivity contribution in [1.29, 1.82) is 0 Å². The Labute approximate surface area is 176 Å². The Balaban J connectivity index is 2.21. The maximum atomic E-state index is 13.0. The molecule has 2 unspecified atom stereocenters. The molecule has 8 heteroatoms. The number of quaternary nitrogens is 1. The molecular formula is C22H30N2O5P+. The highest BCUT2D eigenvalue weighted by Gasteiger charge is 2.36. The first-order valence-electron chi connectivity index (χ1n) is 9.98. The minimum Gasteiger partial charge on any atom is -0.480 e. The van der Waals surface area contributed by atoms with Gasteiger partial charge in [-0.25, -0.2) is 4.79 Å². The number of hydrogen-bond acceptors (Lipinski definition) is 3. The number of nitrogens with one attached hydrogen (secondary N) is 1. The first-order chi connectivity index (χ1) is 14.2. The summed E-state index contributed by atoms with van der Waals surface area (Å²) in [5.41, 5.74) is 5.37. The molecule has 30 heavy (non-hydrogen) atoms. The van der Waals surface area contributed by atoms with Crippen LogP contribution in [0.3, 0.4) is 0 Å². The van der Waals surface area contributed by atoms with Crippen molar-refractivity contribution >= 4 is 19.2 Å². The second-order valence-corrected chi connectivity index (χ2v) is 10.1. The van der Waals surface area contributed by atoms with E-state index in [-0.39, 0.29) is 19.0 Å². The Bertz CT molecular complexity index is 876. The summed E-state index contributed by atoms with van der Waals surface area (Å²) < 4.78 is 12.8. The van der Waals surface area contributed by atoms with Crippen LogP contribution < -0.4 is 11.1 Å². The Morgan fingerprint density at radius 3 is 1.97 bits per heavy atom. The zero-order valence-electron chi connectivity index (χ0n) is 17.1. The lowest BCUT2D eigenvalue weighted by atomic mass is 9.99. The first kappa shape index (κ1) is 23.8. The van der Waals surface area contributed by atoms with Crippen LogP contribution in [-0.4, -0.2) is 39.9 Å². The molecule has 0 fully saturated rings. The second kappa shape index (κ2) is 11.1. The van der Waals surface area contributed by atoms with Crippen LogP contribution in [0.2, 0.25) is 0 Å². The summed E-state index contributed by atoms with van der Waals surface area (Å²) in [6.45, 7) is 1.77. The summed E-state index contributed by atoms with van der Waals surface area (Å²) in [4.78, 5) is 35.2. The molecule has 0 aliphatic heterocycles. The fraction of sp³-hybridized carbons (Fsp3) is 0.364. The van der Waals surface area contributed by atoms with Crippen LogP contribution in [0.4, 0.5) is 0 Å². The van der Waals surface area contributed by atoms with E-state index in [0.717, 1.165) is 11.1 Å². The average Bonchev–Trinajstić information content (AvgIpc) is 2.73. The number of carboxylic acid groups (broad SMARTS) is 1. The second-order valence-electron chi connectivity index (χ2n) is 7.48. The maximum Gasteiger partial charge on any atom is 0.326 e. The molecule has 0 saturated heterocycles. The largest absolute Gasteiger partial charge is 0.480 e. The van der Waals surface area contributed by atoms with Crippen LogP contribution in [0.1, 0.15) is 24.5 Å². The number of carboxylic acids is 1. The van der Waals surface area contributed by atoms with Crippen LogP contribution in [0, 0.1) is 5.92 Å². The SMILES string of the molecule is CCC([NH3+])P(=O)(O)C[C@@H](Cc1ccccc1)C(=O)N[C@@H](Cc1ccccc1)C(=O)O. The summed E-state index contributed by atoms with van der Waals surface area (Å²) in [5.74, 6) is -3.21. The van der Waals surface area contributed by atoms with E-state index in [4.69, 9.17) is 0 Å². The van der Waals surface area contributed by atoms with Crippen molar-refractivity contribution in [2.24, 2.45) is 5.92 Å². The van der Waals surface area contributed by atoms with Crippen LogP contribution in [0.15, 0.2) is 60.7 Å². The van der Waals surface area contributed by atoms with E-state index in [0.29, 0.717) is 6.42 Å². The Hall–Kier alpha value is -2.47. The third-order valence-corrected chi connectivity index (χ3v) is 7.59. The number of carbonyl (C=O) groups is 2. The van der Waals surface area contributed by atoms with Crippen LogP contribution in [-0.2, 0) is 27.0 Å². The fourth-order valence-electron chi connectivity index (χ4n) is 3.23. The van der Waals surface area contributed by atoms with Gasteiger partial charge < -0.3 is 21.1 Å². The molecule has 7 nitrogen and oxygen atoms in total. The van der Waals surface area contributed by atoms with Crippen LogP contribution >= 0.6 is 7.37 Å². The van der Waals surface area contributed by atoms with Gasteiger partial charge in [-0.2, -0.15) is 0 Å². The highest BCUT2D eigenvalue weighted by molar-refractivity contribution is 7.58. The monoisotopic (exact) mass is 433 g/mol. The van der Waals surface area contributed by atoms with Gasteiger partial charge in [-0.15, -0.1) is 0 Å². The van der Waals surface area contributed by atoms with Gasteiger partial charge in [0.25, 0.3) is 7.37 Å². The van der Waals surface area contributed by atoms with Crippen molar-refractivity contribution in [2.45, 2.75) is 38.0 Å². The number of aliphatic carboxylic acids is 1. The zero-order valence-corrected chi connectivity index (χ0v) is 18.0.